The minimum atomic E-state index is -4.14. The molecule has 0 aliphatic heterocycles. The van der Waals surface area contributed by atoms with Crippen molar-refractivity contribution in [2.24, 2.45) is 0 Å². The third-order valence-electron chi connectivity index (χ3n) is 4.16. The topological polar surface area (TPSA) is 115 Å². The molecule has 2 aromatic carbocycles. The molecular formula is C19H18FN3O5S2. The Hall–Kier alpha value is -3.05. The van der Waals surface area contributed by atoms with Gasteiger partial charge in [-0.1, -0.05) is 19.1 Å². The van der Waals surface area contributed by atoms with Gasteiger partial charge in [0.1, 0.15) is 16.5 Å². The predicted octanol–water partition coefficient (Wildman–Crippen LogP) is 2.89. The van der Waals surface area contributed by atoms with Crippen LogP contribution in [0.25, 0.3) is 11.3 Å². The van der Waals surface area contributed by atoms with Gasteiger partial charge in [0.05, 0.1) is 18.6 Å². The van der Waals surface area contributed by atoms with Gasteiger partial charge in [-0.05, 0) is 42.5 Å². The number of methoxy groups -OCH3 is 1. The second kappa shape index (κ2) is 8.36. The van der Waals surface area contributed by atoms with Crippen molar-refractivity contribution < 1.29 is 26.0 Å². The average molecular weight is 452 g/mol. The van der Waals surface area contributed by atoms with Crippen LogP contribution in [0, 0.1) is 5.82 Å². The normalized spacial score (nSPS) is 11.8. The SMILES string of the molecule is CCS(=O)(=O)c1ccc(-c2cccc(NS(=O)(=O)c3cc(F)ccc3OC)c2)nn1. The summed E-state index contributed by atoms with van der Waals surface area (Å²) < 4.78 is 70.1. The van der Waals surface area contributed by atoms with Crippen molar-refractivity contribution in [3.8, 4) is 17.0 Å². The maximum Gasteiger partial charge on any atom is 0.265 e. The molecule has 8 nitrogen and oxygen atoms in total. The molecule has 3 aromatic rings. The zero-order chi connectivity index (χ0) is 21.9. The minimum Gasteiger partial charge on any atom is -0.495 e. The van der Waals surface area contributed by atoms with E-state index in [9.17, 15) is 21.2 Å². The van der Waals surface area contributed by atoms with E-state index in [1.807, 2.05) is 0 Å². The molecule has 0 unspecified atom stereocenters. The van der Waals surface area contributed by atoms with Crippen molar-refractivity contribution in [1.29, 1.82) is 0 Å². The molecule has 0 fully saturated rings. The first kappa shape index (κ1) is 21.7. The first-order chi connectivity index (χ1) is 14.2. The molecule has 0 saturated carbocycles. The molecule has 0 spiro atoms. The third-order valence-corrected chi connectivity index (χ3v) is 7.18. The van der Waals surface area contributed by atoms with Crippen molar-refractivity contribution >= 4 is 25.5 Å². The molecule has 1 N–H and O–H groups in total. The summed E-state index contributed by atoms with van der Waals surface area (Å²) in [6, 6.07) is 12.3. The molecule has 30 heavy (non-hydrogen) atoms. The summed E-state index contributed by atoms with van der Waals surface area (Å²) in [4.78, 5) is -0.343. The summed E-state index contributed by atoms with van der Waals surface area (Å²) in [5, 5.41) is 7.53. The molecule has 0 bridgehead atoms. The first-order valence-electron chi connectivity index (χ1n) is 8.69. The van der Waals surface area contributed by atoms with Crippen LogP contribution in [0.4, 0.5) is 10.1 Å². The zero-order valence-corrected chi connectivity index (χ0v) is 17.7. The second-order valence-corrected chi connectivity index (χ2v) is 10.0. The number of sulfonamides is 1. The maximum absolute atomic E-state index is 13.6. The van der Waals surface area contributed by atoms with E-state index >= 15 is 0 Å². The molecule has 0 aliphatic carbocycles. The number of sulfone groups is 1. The largest absolute Gasteiger partial charge is 0.495 e. The lowest BCUT2D eigenvalue weighted by Gasteiger charge is -2.12. The number of nitrogens with zero attached hydrogens (tertiary/aromatic N) is 2. The van der Waals surface area contributed by atoms with Crippen molar-refractivity contribution in [3.05, 3.63) is 60.4 Å². The van der Waals surface area contributed by atoms with Crippen molar-refractivity contribution in [3.63, 3.8) is 0 Å². The van der Waals surface area contributed by atoms with E-state index in [1.54, 1.807) is 12.1 Å². The van der Waals surface area contributed by atoms with E-state index < -0.39 is 25.7 Å². The lowest BCUT2D eigenvalue weighted by atomic mass is 10.1. The van der Waals surface area contributed by atoms with E-state index in [0.29, 0.717) is 11.3 Å². The number of anilines is 1. The molecule has 3 rings (SSSR count). The molecule has 0 aliphatic rings. The van der Waals surface area contributed by atoms with E-state index in [4.69, 9.17) is 4.74 Å². The average Bonchev–Trinajstić information content (AvgIpc) is 2.73. The monoisotopic (exact) mass is 451 g/mol. The maximum atomic E-state index is 13.6. The summed E-state index contributed by atoms with van der Waals surface area (Å²) in [6.07, 6.45) is 0. The number of halogens is 1. The number of hydrogen-bond acceptors (Lipinski definition) is 7. The fraction of sp³-hybridized carbons (Fsp3) is 0.158. The number of ether oxygens (including phenoxy) is 1. The highest BCUT2D eigenvalue weighted by atomic mass is 32.2. The van der Waals surface area contributed by atoms with E-state index in [-0.39, 0.29) is 27.1 Å². The summed E-state index contributed by atoms with van der Waals surface area (Å²) in [5.41, 5.74) is 1.06. The van der Waals surface area contributed by atoms with Gasteiger partial charge in [0.15, 0.2) is 14.9 Å². The Labute approximate surface area is 173 Å². The van der Waals surface area contributed by atoms with Crippen LogP contribution in [-0.4, -0.2) is 39.9 Å². The van der Waals surface area contributed by atoms with Crippen LogP contribution >= 0.6 is 0 Å². The summed E-state index contributed by atoms with van der Waals surface area (Å²) in [5.74, 6) is -0.817. The fourth-order valence-corrected chi connectivity index (χ4v) is 4.57. The molecular weight excluding hydrogens is 433 g/mol. The van der Waals surface area contributed by atoms with Crippen molar-refractivity contribution in [1.82, 2.24) is 10.2 Å². The van der Waals surface area contributed by atoms with Crippen LogP contribution < -0.4 is 9.46 Å². The van der Waals surface area contributed by atoms with Crippen LogP contribution in [0.15, 0.2) is 64.5 Å². The molecule has 1 heterocycles. The summed E-state index contributed by atoms with van der Waals surface area (Å²) >= 11 is 0. The lowest BCUT2D eigenvalue weighted by Crippen LogP contribution is -2.14. The predicted molar refractivity (Wildman–Crippen MR) is 109 cm³/mol. The molecule has 158 valence electrons. The zero-order valence-electron chi connectivity index (χ0n) is 16.0. The lowest BCUT2D eigenvalue weighted by molar-refractivity contribution is 0.401. The van der Waals surface area contributed by atoms with Crippen LogP contribution in [-0.2, 0) is 19.9 Å². The summed E-state index contributed by atoms with van der Waals surface area (Å²) in [7, 11) is -6.33. The fourth-order valence-electron chi connectivity index (χ4n) is 2.60. The number of benzene rings is 2. The Balaban J connectivity index is 1.92. The van der Waals surface area contributed by atoms with Gasteiger partial charge in [0.2, 0.25) is 0 Å². The van der Waals surface area contributed by atoms with Crippen LogP contribution in [0.2, 0.25) is 0 Å². The van der Waals surface area contributed by atoms with Gasteiger partial charge in [-0.2, -0.15) is 0 Å². The van der Waals surface area contributed by atoms with Gasteiger partial charge < -0.3 is 4.74 Å². The smallest absolute Gasteiger partial charge is 0.265 e. The molecule has 11 heteroatoms. The number of nitrogens with one attached hydrogen (secondary N) is 1. The summed E-state index contributed by atoms with van der Waals surface area (Å²) in [6.45, 7) is 1.51. The Morgan fingerprint density at radius 1 is 1.00 bits per heavy atom. The molecule has 0 saturated heterocycles. The van der Waals surface area contributed by atoms with Gasteiger partial charge in [-0.3, -0.25) is 4.72 Å². The van der Waals surface area contributed by atoms with Gasteiger partial charge in [0.25, 0.3) is 10.0 Å². The standard InChI is InChI=1S/C19H18FN3O5S2/c1-3-29(24,25)19-10-8-16(21-22-19)13-5-4-6-15(11-13)23-30(26,27)18-12-14(20)7-9-17(18)28-2/h4-12,23H,3H2,1-2H3. The van der Waals surface area contributed by atoms with Crippen LogP contribution in [0.1, 0.15) is 6.92 Å². The van der Waals surface area contributed by atoms with E-state index in [2.05, 4.69) is 14.9 Å². The number of aromatic nitrogens is 2. The van der Waals surface area contributed by atoms with E-state index in [0.717, 1.165) is 12.1 Å². The van der Waals surface area contributed by atoms with Crippen LogP contribution in [0.5, 0.6) is 5.75 Å². The molecule has 0 radical (unpaired) electrons. The van der Waals surface area contributed by atoms with Gasteiger partial charge >= 0.3 is 0 Å². The molecule has 0 atom stereocenters. The van der Waals surface area contributed by atoms with Gasteiger partial charge in [-0.25, -0.2) is 21.2 Å². The third kappa shape index (κ3) is 4.57. The highest BCUT2D eigenvalue weighted by Crippen LogP contribution is 2.28. The van der Waals surface area contributed by atoms with Crippen LogP contribution in [0.3, 0.4) is 0 Å². The second-order valence-electron chi connectivity index (χ2n) is 6.14. The van der Waals surface area contributed by atoms with Crippen molar-refractivity contribution in [2.75, 3.05) is 17.6 Å². The van der Waals surface area contributed by atoms with Gasteiger partial charge in [-0.15, -0.1) is 10.2 Å². The Morgan fingerprint density at radius 3 is 2.40 bits per heavy atom. The first-order valence-corrected chi connectivity index (χ1v) is 11.8. The number of hydrogen-bond donors (Lipinski definition) is 1. The molecule has 0 amide bonds. The quantitative estimate of drug-likeness (QED) is 0.587. The molecule has 1 aromatic heterocycles. The minimum absolute atomic E-state index is 0.00126. The highest BCUT2D eigenvalue weighted by Gasteiger charge is 2.21. The van der Waals surface area contributed by atoms with Crippen molar-refractivity contribution in [2.45, 2.75) is 16.8 Å². The Bertz CT molecular complexity index is 1280. The Morgan fingerprint density at radius 2 is 1.77 bits per heavy atom. The number of rotatable bonds is 7. The highest BCUT2D eigenvalue weighted by molar-refractivity contribution is 7.92. The Kier molecular flexibility index (Phi) is 6.04. The van der Waals surface area contributed by atoms with Gasteiger partial charge in [0, 0.05) is 11.3 Å². The van der Waals surface area contributed by atoms with E-state index in [1.165, 1.54) is 44.4 Å².